The quantitative estimate of drug-likeness (QED) is 0.275. The second kappa shape index (κ2) is 9.15. The molecule has 0 radical (unpaired) electrons. The van der Waals surface area contributed by atoms with Crippen molar-refractivity contribution in [1.29, 1.82) is 0 Å². The van der Waals surface area contributed by atoms with Crippen LogP contribution >= 0.6 is 43.6 Å². The molecule has 10 nitrogen and oxygen atoms in total. The summed E-state index contributed by atoms with van der Waals surface area (Å²) in [6.45, 7) is 4.50. The van der Waals surface area contributed by atoms with Gasteiger partial charge in [0.25, 0.3) is 11.8 Å². The third-order valence-electron chi connectivity index (χ3n) is 5.93. The summed E-state index contributed by atoms with van der Waals surface area (Å²) < 4.78 is 5.36. The molecule has 4 rings (SSSR count). The summed E-state index contributed by atoms with van der Waals surface area (Å²) in [5, 5.41) is 20.1. The zero-order valence-corrected chi connectivity index (χ0v) is 22.6. The van der Waals surface area contributed by atoms with Crippen molar-refractivity contribution in [2.24, 2.45) is 0 Å². The number of aromatic nitrogens is 3. The molecule has 13 heteroatoms. The summed E-state index contributed by atoms with van der Waals surface area (Å²) in [6.07, 6.45) is 1.68. The molecular formula is C21H23Br2N5O5S. The van der Waals surface area contributed by atoms with Crippen LogP contribution in [0.4, 0.5) is 0 Å². The molecule has 2 aliphatic heterocycles. The molecule has 3 atom stereocenters. The number of hydrogen-bond donors (Lipinski definition) is 2. The van der Waals surface area contributed by atoms with Crippen LogP contribution in [-0.2, 0) is 27.3 Å². The Morgan fingerprint density at radius 1 is 1.29 bits per heavy atom. The molecule has 2 fully saturated rings. The number of benzene rings is 1. The standard InChI is InChI=1S/C21H23Br2N5O5S/c1-20(2)15(28-18(32)21(22,23)19(28)34-20)10-27-9-14(25-26-27)16(30)24-13(17(31)33-3)8-11-4-6-12(29)7-5-11/h4-7,9,13,15,19,29H,8,10H2,1-3H3,(H,24,30)/t13-,15-,19+/m0/s1. The van der Waals surface area contributed by atoms with Crippen molar-refractivity contribution in [3.05, 3.63) is 41.7 Å². The lowest BCUT2D eigenvalue weighted by Gasteiger charge is -2.47. The molecule has 0 spiro atoms. The molecule has 0 saturated carbocycles. The number of carbonyl (C=O) groups excluding carboxylic acids is 3. The average Bonchev–Trinajstić information content (AvgIpc) is 3.36. The number of thioether (sulfide) groups is 1. The average molecular weight is 617 g/mol. The number of ether oxygens (including phenoxy) is 1. The minimum absolute atomic E-state index is 0.0462. The molecule has 0 unspecified atom stereocenters. The van der Waals surface area contributed by atoms with Gasteiger partial charge >= 0.3 is 5.97 Å². The Hall–Kier alpha value is -2.12. The van der Waals surface area contributed by atoms with Crippen LogP contribution in [0.25, 0.3) is 0 Å². The van der Waals surface area contributed by atoms with Gasteiger partial charge in [0.1, 0.15) is 17.2 Å². The Kier molecular flexibility index (Phi) is 6.73. The number of rotatable bonds is 7. The number of phenols is 1. The molecule has 2 aliphatic rings. The molecule has 2 saturated heterocycles. The zero-order valence-electron chi connectivity index (χ0n) is 18.6. The Morgan fingerprint density at radius 3 is 2.62 bits per heavy atom. The summed E-state index contributed by atoms with van der Waals surface area (Å²) in [6, 6.07) is 5.24. The van der Waals surface area contributed by atoms with Gasteiger partial charge in [-0.05, 0) is 31.5 Å². The van der Waals surface area contributed by atoms with Gasteiger partial charge < -0.3 is 20.1 Å². The van der Waals surface area contributed by atoms with Crippen molar-refractivity contribution in [3.8, 4) is 5.75 Å². The van der Waals surface area contributed by atoms with Crippen molar-refractivity contribution < 1.29 is 24.2 Å². The van der Waals surface area contributed by atoms with Crippen LogP contribution in [0, 0.1) is 0 Å². The van der Waals surface area contributed by atoms with Crippen molar-refractivity contribution in [2.45, 2.75) is 52.3 Å². The third kappa shape index (κ3) is 4.57. The van der Waals surface area contributed by atoms with Gasteiger partial charge in [-0.1, -0.05) is 49.2 Å². The lowest BCUT2D eigenvalue weighted by molar-refractivity contribution is -0.144. The van der Waals surface area contributed by atoms with Crippen LogP contribution in [0.1, 0.15) is 29.9 Å². The van der Waals surface area contributed by atoms with E-state index in [2.05, 4.69) is 61.3 Å². The van der Waals surface area contributed by atoms with Gasteiger partial charge in [-0.3, -0.25) is 9.59 Å². The van der Waals surface area contributed by atoms with Gasteiger partial charge in [0.2, 0.25) is 0 Å². The van der Waals surface area contributed by atoms with Crippen molar-refractivity contribution in [2.75, 3.05) is 7.11 Å². The van der Waals surface area contributed by atoms with Crippen LogP contribution in [0.3, 0.4) is 0 Å². The third-order valence-corrected chi connectivity index (χ3v) is 9.77. The van der Waals surface area contributed by atoms with Gasteiger partial charge in [-0.25, -0.2) is 9.48 Å². The predicted molar refractivity (Wildman–Crippen MR) is 132 cm³/mol. The maximum atomic E-state index is 12.8. The lowest BCUT2D eigenvalue weighted by Crippen LogP contribution is -2.67. The number of phenolic OH excluding ortho intramolecular Hbond substituents is 1. The summed E-state index contributed by atoms with van der Waals surface area (Å²) in [7, 11) is 1.24. The lowest BCUT2D eigenvalue weighted by atomic mass is 9.98. The topological polar surface area (TPSA) is 127 Å². The normalized spacial score (nSPS) is 23.1. The SMILES string of the molecule is COC(=O)[C@H](Cc1ccc(O)cc1)NC(=O)c1cn(C[C@@H]2N3C(=O)C(Br)(Br)[C@H]3SC2(C)C)nn1. The number of nitrogens with one attached hydrogen (secondary N) is 1. The van der Waals surface area contributed by atoms with E-state index in [9.17, 15) is 19.5 Å². The Balaban J connectivity index is 1.44. The van der Waals surface area contributed by atoms with Crippen LogP contribution in [0.5, 0.6) is 5.75 Å². The Labute approximate surface area is 217 Å². The molecule has 1 aromatic heterocycles. The first-order chi connectivity index (χ1) is 15.9. The first-order valence-corrected chi connectivity index (χ1v) is 12.9. The fraction of sp³-hybridized carbons (Fsp3) is 0.476. The number of hydrogen-bond acceptors (Lipinski definition) is 8. The number of methoxy groups -OCH3 is 1. The van der Waals surface area contributed by atoms with E-state index < -0.39 is 21.2 Å². The number of amides is 2. The van der Waals surface area contributed by atoms with Gasteiger partial charge in [0, 0.05) is 11.2 Å². The van der Waals surface area contributed by atoms with Crippen LogP contribution in [0.2, 0.25) is 0 Å². The first kappa shape index (κ1) is 25.0. The van der Waals surface area contributed by atoms with E-state index in [1.807, 2.05) is 4.90 Å². The number of nitrogens with zero attached hydrogens (tertiary/aromatic N) is 4. The Bertz CT molecular complexity index is 1120. The second-order valence-electron chi connectivity index (χ2n) is 8.67. The van der Waals surface area contributed by atoms with Crippen LogP contribution in [0.15, 0.2) is 30.5 Å². The molecule has 2 aromatic rings. The smallest absolute Gasteiger partial charge is 0.328 e. The van der Waals surface area contributed by atoms with Crippen LogP contribution < -0.4 is 5.32 Å². The van der Waals surface area contributed by atoms with Gasteiger partial charge in [0.05, 0.1) is 25.9 Å². The monoisotopic (exact) mass is 615 g/mol. The highest BCUT2D eigenvalue weighted by molar-refractivity contribution is 9.26. The summed E-state index contributed by atoms with van der Waals surface area (Å²) in [5.74, 6) is -1.12. The number of aromatic hydroxyl groups is 1. The molecule has 0 bridgehead atoms. The number of halogens is 2. The molecule has 3 heterocycles. The van der Waals surface area contributed by atoms with E-state index in [4.69, 9.17) is 4.74 Å². The van der Waals surface area contributed by atoms with E-state index in [1.165, 1.54) is 30.1 Å². The van der Waals surface area contributed by atoms with Gasteiger partial charge in [0.15, 0.2) is 8.93 Å². The molecule has 2 amide bonds. The minimum atomic E-state index is -0.942. The summed E-state index contributed by atoms with van der Waals surface area (Å²) in [5.41, 5.74) is 0.784. The highest BCUT2D eigenvalue weighted by Gasteiger charge is 2.68. The molecule has 1 aromatic carbocycles. The molecule has 34 heavy (non-hydrogen) atoms. The Morgan fingerprint density at radius 2 is 1.97 bits per heavy atom. The highest BCUT2D eigenvalue weighted by atomic mass is 79.9. The highest BCUT2D eigenvalue weighted by Crippen LogP contribution is 2.60. The van der Waals surface area contributed by atoms with E-state index in [1.54, 1.807) is 23.9 Å². The summed E-state index contributed by atoms with van der Waals surface area (Å²) >= 11 is 8.61. The molecule has 0 aliphatic carbocycles. The second-order valence-corrected chi connectivity index (χ2v) is 14.0. The first-order valence-electron chi connectivity index (χ1n) is 10.4. The van der Waals surface area contributed by atoms with E-state index in [0.717, 1.165) is 5.56 Å². The fourth-order valence-electron chi connectivity index (χ4n) is 4.04. The van der Waals surface area contributed by atoms with Crippen molar-refractivity contribution in [3.63, 3.8) is 0 Å². The number of carbonyl (C=O) groups is 3. The van der Waals surface area contributed by atoms with E-state index >= 15 is 0 Å². The number of β-lactam (4-membered cyclic amide) rings is 1. The van der Waals surface area contributed by atoms with Gasteiger partial charge in [-0.2, -0.15) is 0 Å². The minimum Gasteiger partial charge on any atom is -0.508 e. The maximum Gasteiger partial charge on any atom is 0.328 e. The van der Waals surface area contributed by atoms with E-state index in [0.29, 0.717) is 6.54 Å². The molecule has 2 N–H and O–H groups in total. The number of esters is 1. The predicted octanol–water partition coefficient (Wildman–Crippen LogP) is 2.05. The van der Waals surface area contributed by atoms with Crippen molar-refractivity contribution in [1.82, 2.24) is 25.2 Å². The number of fused-ring (bicyclic) bond motifs is 1. The number of alkyl halides is 2. The van der Waals surface area contributed by atoms with Crippen LogP contribution in [-0.4, -0.2) is 75.3 Å². The summed E-state index contributed by atoms with van der Waals surface area (Å²) in [4.78, 5) is 39.5. The largest absolute Gasteiger partial charge is 0.508 e. The van der Waals surface area contributed by atoms with E-state index in [-0.39, 0.29) is 39.9 Å². The van der Waals surface area contributed by atoms with Crippen molar-refractivity contribution >= 4 is 61.4 Å². The maximum absolute atomic E-state index is 12.8. The zero-order chi connectivity index (χ0) is 24.8. The molecule has 182 valence electrons. The fourth-order valence-corrected chi connectivity index (χ4v) is 6.98. The molecular weight excluding hydrogens is 594 g/mol. The van der Waals surface area contributed by atoms with Gasteiger partial charge in [-0.15, -0.1) is 16.9 Å².